The van der Waals surface area contributed by atoms with Crippen molar-refractivity contribution < 1.29 is 17.7 Å². The Morgan fingerprint density at radius 2 is 1.80 bits per heavy atom. The number of sulfonamides is 1. The Hall–Kier alpha value is -2.93. The van der Waals surface area contributed by atoms with E-state index in [1.54, 1.807) is 19.1 Å². The minimum Gasteiger partial charge on any atom is -0.363 e. The van der Waals surface area contributed by atoms with Crippen LogP contribution in [-0.4, -0.2) is 19.5 Å². The number of hydrogen-bond acceptors (Lipinski definition) is 5. The van der Waals surface area contributed by atoms with Crippen molar-refractivity contribution in [3.63, 3.8) is 0 Å². The molecule has 0 aliphatic carbocycles. The van der Waals surface area contributed by atoms with Crippen LogP contribution in [0.2, 0.25) is 0 Å². The number of carbonyl (C=O) groups is 1. The Morgan fingerprint density at radius 3 is 2.52 bits per heavy atom. The minimum absolute atomic E-state index is 0.00573. The SMILES string of the molecule is CCC(=O)NS(=O)(=O)c1cccc(-c2nocc2-c2ccccc2)c1. The van der Waals surface area contributed by atoms with Crippen molar-refractivity contribution in [1.29, 1.82) is 0 Å². The third-order valence-corrected chi connectivity index (χ3v) is 5.01. The standard InChI is InChI=1S/C18H16N2O4S/c1-2-17(21)20-25(22,23)15-10-6-9-14(11-15)18-16(12-24-19-18)13-7-4-3-5-8-13/h3-12H,2H2,1H3,(H,20,21). The molecule has 1 amide bonds. The number of amides is 1. The maximum atomic E-state index is 12.3. The molecule has 128 valence electrons. The van der Waals surface area contributed by atoms with Gasteiger partial charge in [-0.15, -0.1) is 0 Å². The average molecular weight is 356 g/mol. The topological polar surface area (TPSA) is 89.3 Å². The maximum Gasteiger partial charge on any atom is 0.264 e. The van der Waals surface area contributed by atoms with Gasteiger partial charge in [-0.05, 0) is 17.7 Å². The lowest BCUT2D eigenvalue weighted by Crippen LogP contribution is -2.29. The molecular weight excluding hydrogens is 340 g/mol. The summed E-state index contributed by atoms with van der Waals surface area (Å²) in [5.74, 6) is -0.559. The first-order valence-corrected chi connectivity index (χ1v) is 9.15. The molecule has 0 saturated heterocycles. The fourth-order valence-corrected chi connectivity index (χ4v) is 3.46. The predicted octanol–water partition coefficient (Wildman–Crippen LogP) is 3.22. The van der Waals surface area contributed by atoms with Gasteiger partial charge in [0.2, 0.25) is 5.91 Å². The summed E-state index contributed by atoms with van der Waals surface area (Å²) < 4.78 is 31.7. The van der Waals surface area contributed by atoms with Crippen LogP contribution < -0.4 is 4.72 Å². The normalized spacial score (nSPS) is 11.2. The summed E-state index contributed by atoms with van der Waals surface area (Å²) in [6.07, 6.45) is 1.60. The van der Waals surface area contributed by atoms with Crippen LogP contribution in [0.1, 0.15) is 13.3 Å². The van der Waals surface area contributed by atoms with E-state index in [0.29, 0.717) is 11.3 Å². The molecule has 0 fully saturated rings. The van der Waals surface area contributed by atoms with Crippen LogP contribution in [0.15, 0.2) is 70.3 Å². The molecule has 25 heavy (non-hydrogen) atoms. The summed E-state index contributed by atoms with van der Waals surface area (Å²) in [6, 6.07) is 15.8. The predicted molar refractivity (Wildman–Crippen MR) is 93.0 cm³/mol. The van der Waals surface area contributed by atoms with E-state index in [1.165, 1.54) is 18.4 Å². The van der Waals surface area contributed by atoms with E-state index in [4.69, 9.17) is 4.52 Å². The highest BCUT2D eigenvalue weighted by molar-refractivity contribution is 7.90. The summed E-state index contributed by atoms with van der Waals surface area (Å²) in [4.78, 5) is 11.4. The van der Waals surface area contributed by atoms with Gasteiger partial charge in [0, 0.05) is 17.5 Å². The Kier molecular flexibility index (Phi) is 4.67. The molecule has 3 aromatic rings. The maximum absolute atomic E-state index is 12.3. The highest BCUT2D eigenvalue weighted by Gasteiger charge is 2.19. The van der Waals surface area contributed by atoms with Crippen LogP contribution in [0.25, 0.3) is 22.4 Å². The molecule has 0 aliphatic rings. The van der Waals surface area contributed by atoms with E-state index in [1.807, 2.05) is 35.1 Å². The molecule has 0 unspecified atom stereocenters. The number of hydrogen-bond donors (Lipinski definition) is 1. The summed E-state index contributed by atoms with van der Waals surface area (Å²) in [5, 5.41) is 4.01. The van der Waals surface area contributed by atoms with Gasteiger partial charge < -0.3 is 4.52 Å². The third kappa shape index (κ3) is 3.61. The summed E-state index contributed by atoms with van der Waals surface area (Å²) in [7, 11) is -3.92. The molecule has 0 spiro atoms. The Morgan fingerprint density at radius 1 is 1.08 bits per heavy atom. The fraction of sp³-hybridized carbons (Fsp3) is 0.111. The molecule has 0 aliphatic heterocycles. The van der Waals surface area contributed by atoms with Crippen LogP contribution >= 0.6 is 0 Å². The van der Waals surface area contributed by atoms with E-state index in [2.05, 4.69) is 5.16 Å². The first kappa shape index (κ1) is 16.9. The van der Waals surface area contributed by atoms with Crippen molar-refractivity contribution in [1.82, 2.24) is 9.88 Å². The van der Waals surface area contributed by atoms with Crippen LogP contribution in [0.3, 0.4) is 0 Å². The molecule has 7 heteroatoms. The highest BCUT2D eigenvalue weighted by Crippen LogP contribution is 2.31. The summed E-state index contributed by atoms with van der Waals surface area (Å²) in [5.41, 5.74) is 2.78. The molecule has 1 aromatic heterocycles. The number of rotatable bonds is 5. The van der Waals surface area contributed by atoms with Crippen molar-refractivity contribution in [2.45, 2.75) is 18.2 Å². The van der Waals surface area contributed by atoms with E-state index >= 15 is 0 Å². The van der Waals surface area contributed by atoms with E-state index in [-0.39, 0.29) is 11.3 Å². The molecule has 3 rings (SSSR count). The summed E-state index contributed by atoms with van der Waals surface area (Å²) >= 11 is 0. The van der Waals surface area contributed by atoms with Gasteiger partial charge in [0.25, 0.3) is 10.0 Å². The zero-order chi connectivity index (χ0) is 17.9. The number of benzene rings is 2. The second-order valence-electron chi connectivity index (χ2n) is 5.35. The van der Waals surface area contributed by atoms with Crippen molar-refractivity contribution in [2.75, 3.05) is 0 Å². The van der Waals surface area contributed by atoms with Crippen LogP contribution in [0, 0.1) is 0 Å². The largest absolute Gasteiger partial charge is 0.363 e. The lowest BCUT2D eigenvalue weighted by Gasteiger charge is -2.07. The Balaban J connectivity index is 2.02. The zero-order valence-electron chi connectivity index (χ0n) is 13.5. The summed E-state index contributed by atoms with van der Waals surface area (Å²) in [6.45, 7) is 1.59. The number of carbonyl (C=O) groups excluding carboxylic acids is 1. The molecular formula is C18H16N2O4S. The molecule has 1 heterocycles. The van der Waals surface area contributed by atoms with Gasteiger partial charge in [-0.2, -0.15) is 0 Å². The van der Waals surface area contributed by atoms with Gasteiger partial charge in [-0.3, -0.25) is 4.79 Å². The number of aromatic nitrogens is 1. The molecule has 1 N–H and O–H groups in total. The Bertz CT molecular complexity index is 995. The first-order chi connectivity index (χ1) is 12.0. The molecule has 0 radical (unpaired) electrons. The van der Waals surface area contributed by atoms with Gasteiger partial charge >= 0.3 is 0 Å². The fourth-order valence-electron chi connectivity index (χ4n) is 2.36. The second-order valence-corrected chi connectivity index (χ2v) is 7.04. The van der Waals surface area contributed by atoms with Gasteiger partial charge in [-0.1, -0.05) is 54.5 Å². The lowest BCUT2D eigenvalue weighted by atomic mass is 10.0. The van der Waals surface area contributed by atoms with Gasteiger partial charge in [-0.25, -0.2) is 13.1 Å². The first-order valence-electron chi connectivity index (χ1n) is 7.67. The lowest BCUT2D eigenvalue weighted by molar-refractivity contribution is -0.119. The van der Waals surface area contributed by atoms with E-state index < -0.39 is 15.9 Å². The average Bonchev–Trinajstić information content (AvgIpc) is 3.12. The Labute approximate surface area is 145 Å². The second kappa shape index (κ2) is 6.90. The monoisotopic (exact) mass is 356 g/mol. The van der Waals surface area contributed by atoms with Crippen LogP contribution in [0.4, 0.5) is 0 Å². The van der Waals surface area contributed by atoms with Crippen molar-refractivity contribution in [3.8, 4) is 22.4 Å². The highest BCUT2D eigenvalue weighted by atomic mass is 32.2. The van der Waals surface area contributed by atoms with E-state index in [9.17, 15) is 13.2 Å². The van der Waals surface area contributed by atoms with Gasteiger partial charge in [0.1, 0.15) is 12.0 Å². The quantitative estimate of drug-likeness (QED) is 0.758. The van der Waals surface area contributed by atoms with Crippen molar-refractivity contribution >= 4 is 15.9 Å². The van der Waals surface area contributed by atoms with Crippen molar-refractivity contribution in [2.24, 2.45) is 0 Å². The van der Waals surface area contributed by atoms with Crippen LogP contribution in [-0.2, 0) is 14.8 Å². The molecule has 0 saturated carbocycles. The third-order valence-electron chi connectivity index (χ3n) is 3.64. The number of nitrogens with one attached hydrogen (secondary N) is 1. The molecule has 2 aromatic carbocycles. The zero-order valence-corrected chi connectivity index (χ0v) is 14.3. The molecule has 0 atom stereocenters. The van der Waals surface area contributed by atoms with E-state index in [0.717, 1.165) is 11.1 Å². The molecule has 6 nitrogen and oxygen atoms in total. The van der Waals surface area contributed by atoms with Gasteiger partial charge in [0.15, 0.2) is 0 Å². The number of nitrogens with zero attached hydrogens (tertiary/aromatic N) is 1. The van der Waals surface area contributed by atoms with Crippen molar-refractivity contribution in [3.05, 3.63) is 60.9 Å². The van der Waals surface area contributed by atoms with Gasteiger partial charge in [0.05, 0.1) is 4.90 Å². The van der Waals surface area contributed by atoms with Crippen LogP contribution in [0.5, 0.6) is 0 Å². The smallest absolute Gasteiger partial charge is 0.264 e. The minimum atomic E-state index is -3.92. The molecule has 0 bridgehead atoms.